The van der Waals surface area contributed by atoms with Crippen LogP contribution in [-0.2, 0) is 17.9 Å². The number of amides is 1. The normalized spacial score (nSPS) is 15.8. The molecule has 1 amide bonds. The highest BCUT2D eigenvalue weighted by Gasteiger charge is 2.36. The first kappa shape index (κ1) is 20.7. The van der Waals surface area contributed by atoms with Gasteiger partial charge in [-0.15, -0.1) is 0 Å². The van der Waals surface area contributed by atoms with Gasteiger partial charge in [0.05, 0.1) is 18.4 Å². The Morgan fingerprint density at radius 1 is 1.19 bits per heavy atom. The topological polar surface area (TPSA) is 110 Å². The number of hydrogen-bond acceptors (Lipinski definition) is 7. The average molecular weight is 424 g/mol. The van der Waals surface area contributed by atoms with Gasteiger partial charge in [-0.05, 0) is 24.0 Å². The summed E-state index contributed by atoms with van der Waals surface area (Å²) in [6.07, 6.45) is 5.15. The van der Waals surface area contributed by atoms with Crippen molar-refractivity contribution in [3.05, 3.63) is 53.5 Å². The van der Waals surface area contributed by atoms with E-state index in [0.717, 1.165) is 11.1 Å². The van der Waals surface area contributed by atoms with E-state index in [0.29, 0.717) is 36.2 Å². The van der Waals surface area contributed by atoms with E-state index in [-0.39, 0.29) is 17.4 Å². The maximum atomic E-state index is 12.9. The number of hydrogen-bond donors (Lipinski definition) is 3. The summed E-state index contributed by atoms with van der Waals surface area (Å²) in [6.45, 7) is 8.82. The summed E-state index contributed by atoms with van der Waals surface area (Å²) >= 11 is 0. The number of nitrogens with one attached hydrogen (secondary N) is 3. The first-order valence-corrected chi connectivity index (χ1v) is 10.0. The number of halogens is 1. The van der Waals surface area contributed by atoms with Crippen molar-refractivity contribution in [2.45, 2.75) is 46.8 Å². The van der Waals surface area contributed by atoms with Crippen LogP contribution in [0, 0.1) is 18.3 Å². The molecule has 9 nitrogen and oxygen atoms in total. The minimum Gasteiger partial charge on any atom is -0.356 e. The number of nitrogens with zero attached hydrogens (tertiary/aromatic N) is 5. The van der Waals surface area contributed by atoms with Crippen LogP contribution in [0.3, 0.4) is 0 Å². The van der Waals surface area contributed by atoms with Gasteiger partial charge >= 0.3 is 0 Å². The number of aromatic nitrogens is 5. The zero-order valence-corrected chi connectivity index (χ0v) is 17.9. The lowest BCUT2D eigenvalue weighted by Crippen LogP contribution is -2.47. The fraction of sp³-hybridized carbons (Fsp3) is 0.381. The van der Waals surface area contributed by atoms with Crippen molar-refractivity contribution in [2.75, 3.05) is 16.0 Å². The molecule has 1 atom stereocenters. The summed E-state index contributed by atoms with van der Waals surface area (Å²) < 4.78 is 14.7. The van der Waals surface area contributed by atoms with E-state index < -0.39 is 5.95 Å². The summed E-state index contributed by atoms with van der Waals surface area (Å²) in [5.74, 6) is 0.477. The molecule has 0 fully saturated rings. The predicted octanol–water partition coefficient (Wildman–Crippen LogP) is 2.95. The molecule has 1 aliphatic heterocycles. The van der Waals surface area contributed by atoms with Crippen molar-refractivity contribution in [1.29, 1.82) is 0 Å². The van der Waals surface area contributed by atoms with Crippen LogP contribution in [0.5, 0.6) is 0 Å². The molecule has 0 spiro atoms. The quantitative estimate of drug-likeness (QED) is 0.540. The van der Waals surface area contributed by atoms with Gasteiger partial charge in [0.15, 0.2) is 5.82 Å². The fourth-order valence-electron chi connectivity index (χ4n) is 3.37. The van der Waals surface area contributed by atoms with Crippen molar-refractivity contribution >= 4 is 23.4 Å². The van der Waals surface area contributed by atoms with E-state index in [2.05, 4.69) is 36.0 Å². The molecule has 0 radical (unpaired) electrons. The van der Waals surface area contributed by atoms with Gasteiger partial charge in [0.25, 0.3) is 0 Å². The van der Waals surface area contributed by atoms with Crippen LogP contribution in [0.2, 0.25) is 0 Å². The predicted molar refractivity (Wildman–Crippen MR) is 115 cm³/mol. The van der Waals surface area contributed by atoms with Gasteiger partial charge in [-0.25, -0.2) is 9.97 Å². The van der Waals surface area contributed by atoms with Gasteiger partial charge in [0, 0.05) is 24.5 Å². The van der Waals surface area contributed by atoms with Gasteiger partial charge in [0.1, 0.15) is 11.7 Å². The minimum absolute atomic E-state index is 0.0869. The van der Waals surface area contributed by atoms with Gasteiger partial charge in [-0.2, -0.15) is 14.5 Å². The third-order valence-corrected chi connectivity index (χ3v) is 5.02. The molecule has 1 aliphatic rings. The maximum Gasteiger partial charge on any atom is 0.247 e. The van der Waals surface area contributed by atoms with Crippen LogP contribution in [0.1, 0.15) is 37.6 Å². The summed E-state index contributed by atoms with van der Waals surface area (Å²) in [7, 11) is 0. The highest BCUT2D eigenvalue weighted by atomic mass is 19.1. The summed E-state index contributed by atoms with van der Waals surface area (Å²) in [5, 5.41) is 13.7. The number of carbonyl (C=O) groups excluding carboxylic acids is 1. The Kier molecular flexibility index (Phi) is 5.30. The highest BCUT2D eigenvalue weighted by Crippen LogP contribution is 2.33. The largest absolute Gasteiger partial charge is 0.356 e. The molecule has 0 aromatic carbocycles. The molecule has 0 saturated carbocycles. The number of fused-ring (bicyclic) bond motifs is 1. The highest BCUT2D eigenvalue weighted by molar-refractivity contribution is 6.03. The van der Waals surface area contributed by atoms with Crippen molar-refractivity contribution in [2.24, 2.45) is 5.41 Å². The number of anilines is 3. The van der Waals surface area contributed by atoms with Crippen LogP contribution in [-0.4, -0.2) is 36.7 Å². The van der Waals surface area contributed by atoms with E-state index >= 15 is 0 Å². The first-order chi connectivity index (χ1) is 14.7. The molecule has 31 heavy (non-hydrogen) atoms. The summed E-state index contributed by atoms with van der Waals surface area (Å²) in [6, 6.07) is 2.63. The van der Waals surface area contributed by atoms with Crippen LogP contribution in [0.15, 0.2) is 30.7 Å². The van der Waals surface area contributed by atoms with Gasteiger partial charge in [0.2, 0.25) is 17.8 Å². The molecule has 0 aliphatic carbocycles. The molecule has 162 valence electrons. The molecule has 3 aromatic heterocycles. The van der Waals surface area contributed by atoms with E-state index in [4.69, 9.17) is 0 Å². The molecule has 4 heterocycles. The SMILES string of the molecule is Cc1nc(NCc2cnn(Cc3ccc(F)nc3)c2)nc2c1NC(=O)[C@H](C(C)(C)C)N2. The zero-order chi connectivity index (χ0) is 22.2. The van der Waals surface area contributed by atoms with Gasteiger partial charge in [-0.1, -0.05) is 26.8 Å². The molecule has 0 bridgehead atoms. The molecular weight excluding hydrogens is 399 g/mol. The van der Waals surface area contributed by atoms with Crippen molar-refractivity contribution < 1.29 is 9.18 Å². The average Bonchev–Trinajstić information content (AvgIpc) is 3.15. The lowest BCUT2D eigenvalue weighted by atomic mass is 9.85. The van der Waals surface area contributed by atoms with Crippen molar-refractivity contribution in [1.82, 2.24) is 24.7 Å². The molecule has 10 heteroatoms. The Hall–Kier alpha value is -3.56. The molecular formula is C21H25FN8O. The second-order valence-electron chi connectivity index (χ2n) is 8.68. The van der Waals surface area contributed by atoms with Crippen LogP contribution in [0.25, 0.3) is 0 Å². The van der Waals surface area contributed by atoms with E-state index in [1.165, 1.54) is 12.3 Å². The van der Waals surface area contributed by atoms with Crippen LogP contribution < -0.4 is 16.0 Å². The number of carbonyl (C=O) groups is 1. The zero-order valence-electron chi connectivity index (χ0n) is 17.9. The Morgan fingerprint density at radius 2 is 2.00 bits per heavy atom. The van der Waals surface area contributed by atoms with Gasteiger partial charge in [-0.3, -0.25) is 9.48 Å². The summed E-state index contributed by atoms with van der Waals surface area (Å²) in [4.78, 5) is 25.1. The maximum absolute atomic E-state index is 12.9. The van der Waals surface area contributed by atoms with Gasteiger partial charge < -0.3 is 16.0 Å². The third kappa shape index (κ3) is 4.62. The first-order valence-electron chi connectivity index (χ1n) is 10.0. The molecule has 0 saturated heterocycles. The fourth-order valence-corrected chi connectivity index (χ4v) is 3.37. The van der Waals surface area contributed by atoms with Crippen LogP contribution in [0.4, 0.5) is 21.8 Å². The second-order valence-corrected chi connectivity index (χ2v) is 8.68. The smallest absolute Gasteiger partial charge is 0.247 e. The lowest BCUT2D eigenvalue weighted by molar-refractivity contribution is -0.119. The molecule has 3 N–H and O–H groups in total. The standard InChI is InChI=1S/C21H25FN8O/c1-12-16-18(28-17(19(31)27-16)21(2,3)4)29-20(26-12)24-8-14-9-25-30(11-14)10-13-5-6-15(22)23-7-13/h5-7,9,11,17H,8,10H2,1-4H3,(H,27,31)(H2,24,26,28,29)/t17-/m1/s1. The Bertz CT molecular complexity index is 1100. The monoisotopic (exact) mass is 424 g/mol. The Morgan fingerprint density at radius 3 is 2.71 bits per heavy atom. The van der Waals surface area contributed by atoms with Crippen LogP contribution >= 0.6 is 0 Å². The number of aryl methyl sites for hydroxylation is 1. The Balaban J connectivity index is 1.44. The number of rotatable bonds is 5. The lowest BCUT2D eigenvalue weighted by Gasteiger charge is -2.35. The van der Waals surface area contributed by atoms with E-state index in [1.54, 1.807) is 16.9 Å². The van der Waals surface area contributed by atoms with Crippen molar-refractivity contribution in [3.63, 3.8) is 0 Å². The Labute approximate surface area is 179 Å². The molecule has 4 rings (SSSR count). The number of pyridine rings is 1. The van der Waals surface area contributed by atoms with Crippen molar-refractivity contribution in [3.8, 4) is 0 Å². The summed E-state index contributed by atoms with van der Waals surface area (Å²) in [5.41, 5.74) is 2.84. The second kappa shape index (κ2) is 7.93. The van der Waals surface area contributed by atoms with E-state index in [9.17, 15) is 9.18 Å². The minimum atomic E-state index is -0.502. The third-order valence-electron chi connectivity index (χ3n) is 5.02. The molecule has 0 unspecified atom stereocenters. The molecule has 3 aromatic rings. The van der Waals surface area contributed by atoms with E-state index in [1.807, 2.05) is 33.9 Å².